The fraction of sp³-hybridized carbons (Fsp3) is 0.692. The lowest BCUT2D eigenvalue weighted by atomic mass is 9.98. The highest BCUT2D eigenvalue weighted by molar-refractivity contribution is 5.95. The molecule has 0 atom stereocenters. The van der Waals surface area contributed by atoms with Crippen molar-refractivity contribution < 1.29 is 9.59 Å². The molecule has 0 aromatic rings. The summed E-state index contributed by atoms with van der Waals surface area (Å²) in [5.41, 5.74) is 1.57. The molecule has 2 amide bonds. The summed E-state index contributed by atoms with van der Waals surface area (Å²) in [6.45, 7) is 24.5. The Kier molecular flexibility index (Phi) is 12.0. The van der Waals surface area contributed by atoms with Crippen LogP contribution in [0.1, 0.15) is 83.1 Å². The highest BCUT2D eigenvalue weighted by Crippen LogP contribution is 2.19. The maximum atomic E-state index is 13.1. The van der Waals surface area contributed by atoms with Crippen LogP contribution in [0, 0.1) is 11.8 Å². The lowest BCUT2D eigenvalue weighted by molar-refractivity contribution is -0.132. The van der Waals surface area contributed by atoms with Crippen molar-refractivity contribution in [2.45, 2.75) is 107 Å². The first kappa shape index (κ1) is 28.2. The van der Waals surface area contributed by atoms with E-state index in [0.717, 1.165) is 11.1 Å². The molecule has 0 saturated heterocycles. The van der Waals surface area contributed by atoms with E-state index in [0.29, 0.717) is 0 Å². The monoisotopic (exact) mass is 418 g/mol. The molecule has 0 fully saturated rings. The Morgan fingerprint density at radius 1 is 0.500 bits per heavy atom. The van der Waals surface area contributed by atoms with Gasteiger partial charge < -0.3 is 9.80 Å². The van der Waals surface area contributed by atoms with E-state index in [9.17, 15) is 9.59 Å². The van der Waals surface area contributed by atoms with Gasteiger partial charge in [-0.15, -0.1) is 0 Å². The summed E-state index contributed by atoms with van der Waals surface area (Å²) in [4.78, 5) is 30.0. The van der Waals surface area contributed by atoms with E-state index in [1.54, 1.807) is 0 Å². The number of nitrogens with zero attached hydrogens (tertiary/aromatic N) is 2. The lowest BCUT2D eigenvalue weighted by Gasteiger charge is -2.32. The minimum atomic E-state index is 0.0783. The van der Waals surface area contributed by atoms with Crippen LogP contribution in [0.4, 0.5) is 0 Å². The molecule has 0 aliphatic heterocycles. The quantitative estimate of drug-likeness (QED) is 0.322. The van der Waals surface area contributed by atoms with E-state index >= 15 is 0 Å². The summed E-state index contributed by atoms with van der Waals surface area (Å²) < 4.78 is 0. The van der Waals surface area contributed by atoms with Gasteiger partial charge in [0.05, 0.1) is 0 Å². The van der Waals surface area contributed by atoms with Crippen molar-refractivity contribution in [2.24, 2.45) is 11.8 Å². The first-order chi connectivity index (χ1) is 13.7. The van der Waals surface area contributed by atoms with E-state index in [2.05, 4.69) is 0 Å². The summed E-state index contributed by atoms with van der Waals surface area (Å²) in [6.07, 6.45) is 7.56. The number of carbonyl (C=O) groups is 2. The number of hydrogen-bond donors (Lipinski definition) is 0. The smallest absolute Gasteiger partial charge is 0.250 e. The van der Waals surface area contributed by atoms with Crippen molar-refractivity contribution in [3.63, 3.8) is 0 Å². The third-order valence-electron chi connectivity index (χ3n) is 5.09. The molecule has 0 aromatic carbocycles. The van der Waals surface area contributed by atoms with Gasteiger partial charge in [-0.2, -0.15) is 0 Å². The normalized spacial score (nSPS) is 13.7. The van der Waals surface area contributed by atoms with Crippen molar-refractivity contribution in [2.75, 3.05) is 0 Å². The maximum Gasteiger partial charge on any atom is 0.250 e. The largest absolute Gasteiger partial charge is 0.334 e. The average Bonchev–Trinajstić information content (AvgIpc) is 2.55. The van der Waals surface area contributed by atoms with Crippen molar-refractivity contribution in [1.82, 2.24) is 9.80 Å². The van der Waals surface area contributed by atoms with Crippen LogP contribution in [-0.2, 0) is 9.59 Å². The third kappa shape index (κ3) is 8.12. The Hall–Kier alpha value is -1.84. The Morgan fingerprint density at radius 2 is 0.733 bits per heavy atom. The Morgan fingerprint density at radius 3 is 0.900 bits per heavy atom. The molecule has 4 nitrogen and oxygen atoms in total. The summed E-state index contributed by atoms with van der Waals surface area (Å²) in [5, 5.41) is 0. The second-order valence-electron chi connectivity index (χ2n) is 9.74. The first-order valence-corrected chi connectivity index (χ1v) is 11.5. The minimum absolute atomic E-state index is 0.0783. The first-order valence-electron chi connectivity index (χ1n) is 11.5. The van der Waals surface area contributed by atoms with E-state index in [1.165, 1.54) is 0 Å². The van der Waals surface area contributed by atoms with Crippen LogP contribution in [0.2, 0.25) is 0 Å². The Balaban J connectivity index is 5.87. The number of rotatable bonds is 10. The molecule has 0 bridgehead atoms. The van der Waals surface area contributed by atoms with Gasteiger partial charge >= 0.3 is 0 Å². The Labute approximate surface area is 186 Å². The second-order valence-corrected chi connectivity index (χ2v) is 9.74. The van der Waals surface area contributed by atoms with Crippen LogP contribution < -0.4 is 0 Å². The molecule has 4 heteroatoms. The molecular weight excluding hydrogens is 372 g/mol. The van der Waals surface area contributed by atoms with Crippen molar-refractivity contribution >= 4 is 11.8 Å². The Bertz CT molecular complexity index is 578. The molecule has 0 radical (unpaired) electrons. The zero-order chi connectivity index (χ0) is 23.8. The van der Waals surface area contributed by atoms with Crippen LogP contribution in [0.25, 0.3) is 0 Å². The standard InChI is InChI=1S/C26H46N2O2/c1-17(2)23(25(29)27(19(5)6)20(7)8)15-13-14-16-24(18(3)4)26(30)28(21(9)10)22(11)12/h13-22H,1-12H3. The van der Waals surface area contributed by atoms with E-state index in [-0.39, 0.29) is 47.8 Å². The molecule has 0 rings (SSSR count). The predicted octanol–water partition coefficient (Wildman–Crippen LogP) is 6.00. The molecule has 0 aliphatic carbocycles. The van der Waals surface area contributed by atoms with Crippen molar-refractivity contribution in [3.05, 3.63) is 35.5 Å². The average molecular weight is 419 g/mol. The van der Waals surface area contributed by atoms with Crippen LogP contribution in [0.3, 0.4) is 0 Å². The minimum Gasteiger partial charge on any atom is -0.334 e. The molecule has 0 saturated carbocycles. The van der Waals surface area contributed by atoms with Crippen molar-refractivity contribution in [1.29, 1.82) is 0 Å². The molecule has 30 heavy (non-hydrogen) atoms. The molecule has 0 aliphatic rings. The topological polar surface area (TPSA) is 40.6 Å². The van der Waals surface area contributed by atoms with Gasteiger partial charge in [0.1, 0.15) is 0 Å². The second kappa shape index (κ2) is 12.8. The summed E-state index contributed by atoms with van der Waals surface area (Å²) in [5.74, 6) is 0.397. The number of carbonyl (C=O) groups excluding carboxylic acids is 2. The lowest BCUT2D eigenvalue weighted by Crippen LogP contribution is -2.43. The van der Waals surface area contributed by atoms with Gasteiger partial charge in [-0.1, -0.05) is 52.0 Å². The van der Waals surface area contributed by atoms with E-state index in [4.69, 9.17) is 0 Å². The SMILES string of the molecule is CC(C)C(=CC=CC=C(C(=O)N(C(C)C)C(C)C)C(C)C)C(=O)N(C(C)C)C(C)C. The van der Waals surface area contributed by atoms with E-state index < -0.39 is 0 Å². The molecule has 0 unspecified atom stereocenters. The van der Waals surface area contributed by atoms with Crippen LogP contribution >= 0.6 is 0 Å². The number of allylic oxidation sites excluding steroid dienone is 4. The van der Waals surface area contributed by atoms with Gasteiger partial charge in [0.2, 0.25) is 11.8 Å². The maximum absolute atomic E-state index is 13.1. The molecule has 0 N–H and O–H groups in total. The molecular formula is C26H46N2O2. The zero-order valence-corrected chi connectivity index (χ0v) is 21.5. The molecule has 0 spiro atoms. The predicted molar refractivity (Wildman–Crippen MR) is 129 cm³/mol. The van der Waals surface area contributed by atoms with Gasteiger partial charge in [0.25, 0.3) is 0 Å². The van der Waals surface area contributed by atoms with Gasteiger partial charge in [-0.25, -0.2) is 0 Å². The summed E-state index contributed by atoms with van der Waals surface area (Å²) in [7, 11) is 0. The van der Waals surface area contributed by atoms with Crippen LogP contribution in [-0.4, -0.2) is 45.8 Å². The summed E-state index contributed by atoms with van der Waals surface area (Å²) in [6, 6.07) is 0.581. The van der Waals surface area contributed by atoms with E-state index in [1.807, 2.05) is 117 Å². The number of amides is 2. The van der Waals surface area contributed by atoms with Gasteiger partial charge in [-0.3, -0.25) is 9.59 Å². The highest BCUT2D eigenvalue weighted by atomic mass is 16.2. The number of hydrogen-bond acceptors (Lipinski definition) is 2. The van der Waals surface area contributed by atoms with Gasteiger partial charge in [0.15, 0.2) is 0 Å². The molecule has 172 valence electrons. The fourth-order valence-electron chi connectivity index (χ4n) is 3.77. The third-order valence-corrected chi connectivity index (χ3v) is 5.09. The van der Waals surface area contributed by atoms with Gasteiger partial charge in [-0.05, 0) is 67.2 Å². The van der Waals surface area contributed by atoms with Crippen LogP contribution in [0.5, 0.6) is 0 Å². The molecule has 0 heterocycles. The van der Waals surface area contributed by atoms with Gasteiger partial charge in [0, 0.05) is 35.3 Å². The highest BCUT2D eigenvalue weighted by Gasteiger charge is 2.25. The van der Waals surface area contributed by atoms with Crippen LogP contribution in [0.15, 0.2) is 35.5 Å². The molecule has 0 aromatic heterocycles. The summed E-state index contributed by atoms with van der Waals surface area (Å²) >= 11 is 0. The van der Waals surface area contributed by atoms with Crippen molar-refractivity contribution in [3.8, 4) is 0 Å². The zero-order valence-electron chi connectivity index (χ0n) is 21.5. The fourth-order valence-corrected chi connectivity index (χ4v) is 3.77.